The van der Waals surface area contributed by atoms with E-state index in [2.05, 4.69) is 33.2 Å². The minimum atomic E-state index is 0.0970. The molecule has 5 rings (SSSR count). The van der Waals surface area contributed by atoms with E-state index in [9.17, 15) is 4.79 Å². The van der Waals surface area contributed by atoms with Gasteiger partial charge in [-0.25, -0.2) is 4.98 Å². The standard InChI is InChI=1S/C25H25N7O/c1-17-13-18(2)32(29-17)16-24(33)31-11-9-30(10-12-31)23-6-4-3-5-20(23)25-27-21-8-7-19(15-26)14-22(21)28-25/h3-8,13-14H,9-12,16H2,1-2H3,(H,27,28). The molecule has 8 heteroatoms. The fraction of sp³-hybridized carbons (Fsp3) is 0.280. The van der Waals surface area contributed by atoms with Gasteiger partial charge in [-0.3, -0.25) is 9.48 Å². The van der Waals surface area contributed by atoms with Crippen LogP contribution in [0.25, 0.3) is 22.4 Å². The molecule has 3 heterocycles. The van der Waals surface area contributed by atoms with E-state index in [4.69, 9.17) is 10.2 Å². The molecule has 2 aromatic heterocycles. The van der Waals surface area contributed by atoms with Crippen LogP contribution in [-0.4, -0.2) is 56.7 Å². The van der Waals surface area contributed by atoms with Crippen molar-refractivity contribution in [1.82, 2.24) is 24.6 Å². The van der Waals surface area contributed by atoms with E-state index < -0.39 is 0 Å². The highest BCUT2D eigenvalue weighted by atomic mass is 16.2. The Morgan fingerprint density at radius 1 is 1.09 bits per heavy atom. The number of nitrogens with one attached hydrogen (secondary N) is 1. The monoisotopic (exact) mass is 439 g/mol. The van der Waals surface area contributed by atoms with E-state index in [0.717, 1.165) is 52.6 Å². The predicted octanol–water partition coefficient (Wildman–Crippen LogP) is 3.26. The number of nitrogens with zero attached hydrogens (tertiary/aromatic N) is 6. The topological polar surface area (TPSA) is 93.8 Å². The van der Waals surface area contributed by atoms with Crippen LogP contribution in [0.2, 0.25) is 0 Å². The van der Waals surface area contributed by atoms with Gasteiger partial charge in [-0.05, 0) is 50.2 Å². The summed E-state index contributed by atoms with van der Waals surface area (Å²) in [6.45, 7) is 7.02. The SMILES string of the molecule is Cc1cc(C)n(CC(=O)N2CCN(c3ccccc3-c3nc4cc(C#N)ccc4[nH]3)CC2)n1. The lowest BCUT2D eigenvalue weighted by atomic mass is 10.1. The number of carbonyl (C=O) groups excluding carboxylic acids is 1. The summed E-state index contributed by atoms with van der Waals surface area (Å²) in [5.74, 6) is 0.874. The number of aromatic amines is 1. The van der Waals surface area contributed by atoms with Gasteiger partial charge >= 0.3 is 0 Å². The lowest BCUT2D eigenvalue weighted by molar-refractivity contribution is -0.132. The molecular formula is C25H25N7O. The third-order valence-corrected chi connectivity index (χ3v) is 6.13. The molecule has 0 atom stereocenters. The quantitative estimate of drug-likeness (QED) is 0.527. The summed E-state index contributed by atoms with van der Waals surface area (Å²) in [4.78, 5) is 25.2. The van der Waals surface area contributed by atoms with Gasteiger partial charge in [0, 0.05) is 43.1 Å². The summed E-state index contributed by atoms with van der Waals surface area (Å²) in [5.41, 5.74) is 6.29. The number of carbonyl (C=O) groups is 1. The fourth-order valence-electron chi connectivity index (χ4n) is 4.41. The largest absolute Gasteiger partial charge is 0.367 e. The molecule has 33 heavy (non-hydrogen) atoms. The van der Waals surface area contributed by atoms with Crippen LogP contribution in [0.3, 0.4) is 0 Å². The summed E-state index contributed by atoms with van der Waals surface area (Å²) >= 11 is 0. The summed E-state index contributed by atoms with van der Waals surface area (Å²) in [5, 5.41) is 13.6. The molecule has 166 valence electrons. The van der Waals surface area contributed by atoms with E-state index in [-0.39, 0.29) is 12.5 Å². The fourth-order valence-corrected chi connectivity index (χ4v) is 4.41. The lowest BCUT2D eigenvalue weighted by Crippen LogP contribution is -2.49. The minimum Gasteiger partial charge on any atom is -0.367 e. The number of benzene rings is 2. The Balaban J connectivity index is 1.32. The number of fused-ring (bicyclic) bond motifs is 1. The Morgan fingerprint density at radius 2 is 1.88 bits per heavy atom. The van der Waals surface area contributed by atoms with Gasteiger partial charge in [0.1, 0.15) is 12.4 Å². The first-order valence-corrected chi connectivity index (χ1v) is 11.0. The van der Waals surface area contributed by atoms with Gasteiger partial charge in [-0.1, -0.05) is 12.1 Å². The molecule has 4 aromatic rings. The lowest BCUT2D eigenvalue weighted by Gasteiger charge is -2.37. The van der Waals surface area contributed by atoms with Crippen LogP contribution < -0.4 is 4.90 Å². The summed E-state index contributed by atoms with van der Waals surface area (Å²) in [7, 11) is 0. The zero-order valence-corrected chi connectivity index (χ0v) is 18.7. The van der Waals surface area contributed by atoms with E-state index in [1.807, 2.05) is 43.0 Å². The number of aromatic nitrogens is 4. The Bertz CT molecular complexity index is 1370. The molecule has 1 saturated heterocycles. The normalized spacial score (nSPS) is 14.0. The Hall–Kier alpha value is -4.12. The van der Waals surface area contributed by atoms with Crippen LogP contribution in [0, 0.1) is 25.2 Å². The maximum atomic E-state index is 12.8. The molecule has 1 fully saturated rings. The van der Waals surface area contributed by atoms with Gasteiger partial charge in [0.2, 0.25) is 5.91 Å². The van der Waals surface area contributed by atoms with Gasteiger partial charge in [-0.15, -0.1) is 0 Å². The number of aryl methyl sites for hydroxylation is 2. The number of anilines is 1. The number of amides is 1. The number of H-pyrrole nitrogens is 1. The van der Waals surface area contributed by atoms with Crippen LogP contribution in [0.4, 0.5) is 5.69 Å². The third-order valence-electron chi connectivity index (χ3n) is 6.13. The molecule has 0 radical (unpaired) electrons. The van der Waals surface area contributed by atoms with Crippen molar-refractivity contribution in [3.8, 4) is 17.5 Å². The third kappa shape index (κ3) is 4.05. The maximum Gasteiger partial charge on any atom is 0.244 e. The molecule has 2 aromatic carbocycles. The molecule has 0 spiro atoms. The van der Waals surface area contributed by atoms with Crippen molar-refractivity contribution in [2.75, 3.05) is 31.1 Å². The molecule has 8 nitrogen and oxygen atoms in total. The van der Waals surface area contributed by atoms with Crippen LogP contribution in [0.5, 0.6) is 0 Å². The number of para-hydroxylation sites is 1. The average Bonchev–Trinajstić information content (AvgIpc) is 3.40. The summed E-state index contributed by atoms with van der Waals surface area (Å²) in [6, 6.07) is 17.8. The van der Waals surface area contributed by atoms with Crippen LogP contribution in [0.1, 0.15) is 17.0 Å². The minimum absolute atomic E-state index is 0.0970. The summed E-state index contributed by atoms with van der Waals surface area (Å²) in [6.07, 6.45) is 0. The van der Waals surface area contributed by atoms with E-state index in [0.29, 0.717) is 18.7 Å². The van der Waals surface area contributed by atoms with Crippen molar-refractivity contribution in [2.45, 2.75) is 20.4 Å². The van der Waals surface area contributed by atoms with Crippen LogP contribution in [-0.2, 0) is 11.3 Å². The molecule has 0 unspecified atom stereocenters. The number of hydrogen-bond acceptors (Lipinski definition) is 5. The number of imidazole rings is 1. The Labute approximate surface area is 192 Å². The zero-order valence-electron chi connectivity index (χ0n) is 18.7. The number of piperazine rings is 1. The second-order valence-electron chi connectivity index (χ2n) is 8.40. The maximum absolute atomic E-state index is 12.8. The van der Waals surface area contributed by atoms with E-state index >= 15 is 0 Å². The van der Waals surface area contributed by atoms with Gasteiger partial charge in [0.15, 0.2) is 0 Å². The Kier molecular flexibility index (Phi) is 5.31. The van der Waals surface area contributed by atoms with E-state index in [1.165, 1.54) is 0 Å². The van der Waals surface area contributed by atoms with E-state index in [1.54, 1.807) is 16.8 Å². The number of hydrogen-bond donors (Lipinski definition) is 1. The van der Waals surface area contributed by atoms with Crippen molar-refractivity contribution < 1.29 is 4.79 Å². The average molecular weight is 440 g/mol. The second-order valence-corrected chi connectivity index (χ2v) is 8.40. The van der Waals surface area contributed by atoms with Crippen molar-refractivity contribution in [1.29, 1.82) is 5.26 Å². The van der Waals surface area contributed by atoms with Gasteiger partial charge in [-0.2, -0.15) is 10.4 Å². The first kappa shape index (κ1) is 20.8. The second kappa shape index (κ2) is 8.43. The number of rotatable bonds is 4. The first-order valence-electron chi connectivity index (χ1n) is 11.0. The molecule has 1 aliphatic rings. The predicted molar refractivity (Wildman–Crippen MR) is 127 cm³/mol. The van der Waals surface area contributed by atoms with Crippen molar-refractivity contribution in [3.63, 3.8) is 0 Å². The molecule has 0 saturated carbocycles. The molecule has 1 amide bonds. The van der Waals surface area contributed by atoms with Gasteiger partial charge in [0.25, 0.3) is 0 Å². The van der Waals surface area contributed by atoms with Crippen molar-refractivity contribution in [3.05, 3.63) is 65.5 Å². The first-order chi connectivity index (χ1) is 16.0. The summed E-state index contributed by atoms with van der Waals surface area (Å²) < 4.78 is 1.78. The highest BCUT2D eigenvalue weighted by Gasteiger charge is 2.24. The molecule has 1 aliphatic heterocycles. The zero-order chi connectivity index (χ0) is 22.9. The van der Waals surface area contributed by atoms with Gasteiger partial charge in [0.05, 0.1) is 28.4 Å². The highest BCUT2D eigenvalue weighted by molar-refractivity contribution is 5.84. The van der Waals surface area contributed by atoms with Crippen LogP contribution >= 0.6 is 0 Å². The highest BCUT2D eigenvalue weighted by Crippen LogP contribution is 2.31. The van der Waals surface area contributed by atoms with Crippen LogP contribution in [0.15, 0.2) is 48.5 Å². The molecule has 0 bridgehead atoms. The molecule has 0 aliphatic carbocycles. The Morgan fingerprint density at radius 3 is 2.61 bits per heavy atom. The molecule has 1 N–H and O–H groups in total. The van der Waals surface area contributed by atoms with Crippen molar-refractivity contribution in [2.24, 2.45) is 0 Å². The van der Waals surface area contributed by atoms with Crippen molar-refractivity contribution >= 4 is 22.6 Å². The number of nitriles is 1. The smallest absolute Gasteiger partial charge is 0.244 e. The van der Waals surface area contributed by atoms with Gasteiger partial charge < -0.3 is 14.8 Å². The molecular weight excluding hydrogens is 414 g/mol.